The zero-order valence-electron chi connectivity index (χ0n) is 11.5. The van der Waals surface area contributed by atoms with Crippen molar-refractivity contribution >= 4 is 38.1 Å². The first-order chi connectivity index (χ1) is 10.3. The van der Waals surface area contributed by atoms with Gasteiger partial charge in [-0.1, -0.05) is 6.07 Å². The van der Waals surface area contributed by atoms with Crippen molar-refractivity contribution in [1.82, 2.24) is 15.2 Å². The zero-order valence-corrected chi connectivity index (χ0v) is 12.3. The van der Waals surface area contributed by atoms with Crippen LogP contribution in [0, 0.1) is 0 Å². The van der Waals surface area contributed by atoms with E-state index >= 15 is 0 Å². The lowest BCUT2D eigenvalue weighted by Crippen LogP contribution is -2.07. The number of hydrogen-bond donors (Lipinski definition) is 2. The van der Waals surface area contributed by atoms with Crippen LogP contribution in [-0.4, -0.2) is 15.2 Å². The number of aromatic nitrogens is 3. The summed E-state index contributed by atoms with van der Waals surface area (Å²) < 4.78 is 1.22. The van der Waals surface area contributed by atoms with E-state index < -0.39 is 0 Å². The molecule has 21 heavy (non-hydrogen) atoms. The second-order valence-electron chi connectivity index (χ2n) is 5.08. The van der Waals surface area contributed by atoms with E-state index in [0.29, 0.717) is 0 Å². The first-order valence-electron chi connectivity index (χ1n) is 6.83. The largest absolute Gasteiger partial charge is 0.378 e. The summed E-state index contributed by atoms with van der Waals surface area (Å²) >= 11 is 1.72. The molecular formula is C16H14N4S. The standard InChI is InChI=1S/C16H14N4S/c1-10(11-7-16-15(17-8-11)5-6-21-16)19-13-3-2-4-14-12(13)9-18-20-14/h2-10,19H,1H3,(H,18,20). The summed E-state index contributed by atoms with van der Waals surface area (Å²) in [4.78, 5) is 4.51. The van der Waals surface area contributed by atoms with Crippen LogP contribution >= 0.6 is 11.3 Å². The zero-order chi connectivity index (χ0) is 14.2. The number of fused-ring (bicyclic) bond motifs is 2. The van der Waals surface area contributed by atoms with E-state index in [9.17, 15) is 0 Å². The van der Waals surface area contributed by atoms with Crippen LogP contribution in [-0.2, 0) is 0 Å². The Hall–Kier alpha value is -2.40. The maximum atomic E-state index is 4.51. The van der Waals surface area contributed by atoms with Crippen LogP contribution in [0.15, 0.2) is 48.1 Å². The summed E-state index contributed by atoms with van der Waals surface area (Å²) in [6.07, 6.45) is 3.80. The summed E-state index contributed by atoms with van der Waals surface area (Å²) in [6, 6.07) is 10.6. The first-order valence-corrected chi connectivity index (χ1v) is 7.71. The maximum Gasteiger partial charge on any atom is 0.0809 e. The number of H-pyrrole nitrogens is 1. The molecule has 0 saturated heterocycles. The molecule has 1 unspecified atom stereocenters. The molecule has 0 radical (unpaired) electrons. The quantitative estimate of drug-likeness (QED) is 0.591. The molecule has 1 aromatic carbocycles. The Kier molecular flexibility index (Phi) is 2.86. The van der Waals surface area contributed by atoms with Gasteiger partial charge in [0.25, 0.3) is 0 Å². The number of benzene rings is 1. The third-order valence-corrected chi connectivity index (χ3v) is 4.53. The van der Waals surface area contributed by atoms with Gasteiger partial charge in [-0.25, -0.2) is 0 Å². The van der Waals surface area contributed by atoms with Crippen LogP contribution in [0.3, 0.4) is 0 Å². The predicted octanol–water partition coefficient (Wildman–Crippen LogP) is 4.35. The Morgan fingerprint density at radius 1 is 1.24 bits per heavy atom. The molecular weight excluding hydrogens is 280 g/mol. The number of thiophene rings is 1. The molecule has 0 saturated carbocycles. The Morgan fingerprint density at radius 3 is 3.14 bits per heavy atom. The molecule has 3 aromatic heterocycles. The minimum Gasteiger partial charge on any atom is -0.378 e. The molecule has 0 bridgehead atoms. The molecule has 0 spiro atoms. The topological polar surface area (TPSA) is 53.6 Å². The Morgan fingerprint density at radius 2 is 2.19 bits per heavy atom. The second-order valence-corrected chi connectivity index (χ2v) is 6.02. The van der Waals surface area contributed by atoms with Crippen molar-refractivity contribution < 1.29 is 0 Å². The highest BCUT2D eigenvalue weighted by Gasteiger charge is 2.10. The average molecular weight is 294 g/mol. The van der Waals surface area contributed by atoms with Gasteiger partial charge in [0.05, 0.1) is 28.0 Å². The highest BCUT2D eigenvalue weighted by molar-refractivity contribution is 7.17. The molecule has 4 rings (SSSR count). The van der Waals surface area contributed by atoms with Gasteiger partial charge in [-0.2, -0.15) is 5.10 Å². The van der Waals surface area contributed by atoms with Crippen LogP contribution in [0.1, 0.15) is 18.5 Å². The molecule has 1 atom stereocenters. The molecule has 0 aliphatic rings. The highest BCUT2D eigenvalue weighted by atomic mass is 32.1. The summed E-state index contributed by atoms with van der Waals surface area (Å²) in [5.74, 6) is 0. The SMILES string of the molecule is CC(Nc1cccc2[nH]ncc12)c1cnc2ccsc2c1. The fraction of sp³-hybridized carbons (Fsp3) is 0.125. The van der Waals surface area contributed by atoms with Gasteiger partial charge in [-0.05, 0) is 42.1 Å². The van der Waals surface area contributed by atoms with Gasteiger partial charge >= 0.3 is 0 Å². The summed E-state index contributed by atoms with van der Waals surface area (Å²) in [7, 11) is 0. The number of hydrogen-bond acceptors (Lipinski definition) is 4. The molecule has 3 heterocycles. The van der Waals surface area contributed by atoms with E-state index in [0.717, 1.165) is 22.1 Å². The van der Waals surface area contributed by atoms with Crippen LogP contribution < -0.4 is 5.32 Å². The van der Waals surface area contributed by atoms with Gasteiger partial charge in [-0.3, -0.25) is 10.1 Å². The minimum absolute atomic E-state index is 0.185. The van der Waals surface area contributed by atoms with Crippen molar-refractivity contribution in [2.75, 3.05) is 5.32 Å². The maximum absolute atomic E-state index is 4.51. The average Bonchev–Trinajstić information content (AvgIpc) is 3.15. The van der Waals surface area contributed by atoms with Gasteiger partial charge < -0.3 is 5.32 Å². The van der Waals surface area contributed by atoms with Crippen molar-refractivity contribution in [3.05, 3.63) is 53.7 Å². The number of pyridine rings is 1. The molecule has 4 aromatic rings. The lowest BCUT2D eigenvalue weighted by atomic mass is 10.1. The van der Waals surface area contributed by atoms with Crippen molar-refractivity contribution in [2.24, 2.45) is 0 Å². The van der Waals surface area contributed by atoms with E-state index in [2.05, 4.69) is 44.9 Å². The molecule has 0 aliphatic heterocycles. The van der Waals surface area contributed by atoms with Crippen LogP contribution in [0.2, 0.25) is 0 Å². The Balaban J connectivity index is 1.68. The summed E-state index contributed by atoms with van der Waals surface area (Å²) in [5, 5.41) is 13.8. The number of nitrogens with one attached hydrogen (secondary N) is 2. The van der Waals surface area contributed by atoms with Crippen LogP contribution in [0.4, 0.5) is 5.69 Å². The monoisotopic (exact) mass is 294 g/mol. The van der Waals surface area contributed by atoms with Gasteiger partial charge in [0.1, 0.15) is 0 Å². The smallest absolute Gasteiger partial charge is 0.0809 e. The number of aromatic amines is 1. The van der Waals surface area contributed by atoms with Gasteiger partial charge in [0.15, 0.2) is 0 Å². The normalized spacial score (nSPS) is 12.8. The van der Waals surface area contributed by atoms with E-state index in [1.165, 1.54) is 10.3 Å². The van der Waals surface area contributed by atoms with Gasteiger partial charge in [0, 0.05) is 17.3 Å². The second kappa shape index (κ2) is 4.86. The van der Waals surface area contributed by atoms with Crippen LogP contribution in [0.25, 0.3) is 21.1 Å². The van der Waals surface area contributed by atoms with E-state index in [1.54, 1.807) is 11.3 Å². The molecule has 4 nitrogen and oxygen atoms in total. The van der Waals surface area contributed by atoms with E-state index in [4.69, 9.17) is 0 Å². The molecule has 0 amide bonds. The Bertz CT molecular complexity index is 909. The Labute approximate surface area is 125 Å². The van der Waals surface area contributed by atoms with Crippen molar-refractivity contribution in [3.63, 3.8) is 0 Å². The predicted molar refractivity (Wildman–Crippen MR) is 87.8 cm³/mol. The summed E-state index contributed by atoms with van der Waals surface area (Å²) in [6.45, 7) is 2.15. The highest BCUT2D eigenvalue weighted by Crippen LogP contribution is 2.27. The van der Waals surface area contributed by atoms with Gasteiger partial charge in [-0.15, -0.1) is 11.3 Å². The van der Waals surface area contributed by atoms with Crippen LogP contribution in [0.5, 0.6) is 0 Å². The number of rotatable bonds is 3. The third kappa shape index (κ3) is 2.15. The number of anilines is 1. The summed E-state index contributed by atoms with van der Waals surface area (Å²) in [5.41, 5.74) is 4.37. The minimum atomic E-state index is 0.185. The molecule has 104 valence electrons. The third-order valence-electron chi connectivity index (χ3n) is 3.68. The van der Waals surface area contributed by atoms with Crippen molar-refractivity contribution in [2.45, 2.75) is 13.0 Å². The fourth-order valence-corrected chi connectivity index (χ4v) is 3.30. The first kappa shape index (κ1) is 12.3. The molecule has 0 fully saturated rings. The van der Waals surface area contributed by atoms with Crippen molar-refractivity contribution in [3.8, 4) is 0 Å². The van der Waals surface area contributed by atoms with Crippen molar-refractivity contribution in [1.29, 1.82) is 0 Å². The fourth-order valence-electron chi connectivity index (χ4n) is 2.51. The van der Waals surface area contributed by atoms with Gasteiger partial charge in [0.2, 0.25) is 0 Å². The van der Waals surface area contributed by atoms with E-state index in [-0.39, 0.29) is 6.04 Å². The number of nitrogens with zero attached hydrogens (tertiary/aromatic N) is 2. The molecule has 0 aliphatic carbocycles. The lowest BCUT2D eigenvalue weighted by molar-refractivity contribution is 0.882. The lowest BCUT2D eigenvalue weighted by Gasteiger charge is -2.16. The van der Waals surface area contributed by atoms with E-state index in [1.807, 2.05) is 30.6 Å². The molecule has 2 N–H and O–H groups in total. The molecule has 5 heteroatoms.